The van der Waals surface area contributed by atoms with Crippen molar-refractivity contribution < 1.29 is 18.0 Å². The van der Waals surface area contributed by atoms with Gasteiger partial charge < -0.3 is 4.74 Å². The molecule has 0 saturated heterocycles. The summed E-state index contributed by atoms with van der Waals surface area (Å²) in [5, 5.41) is 17.5. The highest BCUT2D eigenvalue weighted by Crippen LogP contribution is 2.22. The van der Waals surface area contributed by atoms with Gasteiger partial charge in [0.05, 0.1) is 35.6 Å². The molecule has 0 fully saturated rings. The number of hydrogen-bond donors (Lipinski definition) is 1. The molecule has 0 atom stereocenters. The summed E-state index contributed by atoms with van der Waals surface area (Å²) >= 11 is 0. The molecule has 1 heterocycles. The minimum atomic E-state index is -3.62. The lowest BCUT2D eigenvalue weighted by Gasteiger charge is -2.26. The summed E-state index contributed by atoms with van der Waals surface area (Å²) < 4.78 is 32.5. The largest absolute Gasteiger partial charge is 0.493 e. The number of hydroxylamine groups is 1. The van der Waals surface area contributed by atoms with Crippen LogP contribution in [0, 0.1) is 22.7 Å². The number of nitrogens with one attached hydrogen (secondary N) is 1. The fourth-order valence-corrected chi connectivity index (χ4v) is 4.36. The Morgan fingerprint density at radius 1 is 1.13 bits per heavy atom. The maximum Gasteiger partial charge on any atom is 0.243 e. The Hall–Kier alpha value is -3.37. The summed E-state index contributed by atoms with van der Waals surface area (Å²) in [6.45, 7) is 1.12. The monoisotopic (exact) mass is 438 g/mol. The molecule has 0 radical (unpaired) electrons. The molecule has 0 aromatic heterocycles. The molecule has 0 aliphatic carbocycles. The zero-order chi connectivity index (χ0) is 22.1. The van der Waals surface area contributed by atoms with E-state index in [1.807, 2.05) is 12.1 Å². The molecule has 8 nitrogen and oxygen atoms in total. The highest BCUT2D eigenvalue weighted by atomic mass is 32.2. The first-order chi connectivity index (χ1) is 15.0. The van der Waals surface area contributed by atoms with Crippen LogP contribution >= 0.6 is 0 Å². The second kappa shape index (κ2) is 10.6. The second-order valence-electron chi connectivity index (χ2n) is 6.77. The van der Waals surface area contributed by atoms with Crippen molar-refractivity contribution in [1.82, 2.24) is 9.79 Å². The van der Waals surface area contributed by atoms with Crippen molar-refractivity contribution in [2.45, 2.75) is 24.3 Å². The van der Waals surface area contributed by atoms with Crippen molar-refractivity contribution in [3.63, 3.8) is 0 Å². The standard InChI is InChI=1S/C22H22N4O4S/c23-11-2-14-29-21-5-7-22(8-6-21)31(27,28)26-12-9-20(10-13-26)25-30-17-19-4-1-3-18(15-19)16-24/h1,3-9,15,25H,2,10,12-14,17H2. The van der Waals surface area contributed by atoms with Crippen LogP contribution in [-0.4, -0.2) is 32.4 Å². The normalized spacial score (nSPS) is 14.2. The Morgan fingerprint density at radius 2 is 1.94 bits per heavy atom. The summed E-state index contributed by atoms with van der Waals surface area (Å²) in [6, 6.07) is 17.4. The molecule has 2 aromatic rings. The van der Waals surface area contributed by atoms with Gasteiger partial charge in [-0.3, -0.25) is 10.3 Å². The summed E-state index contributed by atoms with van der Waals surface area (Å²) in [5.74, 6) is 0.525. The molecule has 1 aliphatic rings. The van der Waals surface area contributed by atoms with E-state index in [1.54, 1.807) is 36.4 Å². The van der Waals surface area contributed by atoms with Crippen molar-refractivity contribution >= 4 is 10.0 Å². The van der Waals surface area contributed by atoms with E-state index in [9.17, 15) is 8.42 Å². The van der Waals surface area contributed by atoms with Crippen LogP contribution in [0.1, 0.15) is 24.0 Å². The van der Waals surface area contributed by atoms with Gasteiger partial charge in [-0.1, -0.05) is 12.1 Å². The number of nitriles is 2. The molecule has 1 N–H and O–H groups in total. The van der Waals surface area contributed by atoms with E-state index in [-0.39, 0.29) is 31.1 Å². The Kier molecular flexibility index (Phi) is 7.63. The van der Waals surface area contributed by atoms with Crippen molar-refractivity contribution in [2.75, 3.05) is 19.7 Å². The fourth-order valence-electron chi connectivity index (χ4n) is 2.98. The molecule has 31 heavy (non-hydrogen) atoms. The third-order valence-corrected chi connectivity index (χ3v) is 6.49. The number of benzene rings is 2. The van der Waals surface area contributed by atoms with Crippen LogP contribution in [0.15, 0.2) is 65.2 Å². The maximum absolute atomic E-state index is 12.9. The highest BCUT2D eigenvalue weighted by Gasteiger charge is 2.26. The van der Waals surface area contributed by atoms with Gasteiger partial charge in [0.1, 0.15) is 12.4 Å². The predicted octanol–water partition coefficient (Wildman–Crippen LogP) is 2.85. The van der Waals surface area contributed by atoms with Gasteiger partial charge in [-0.05, 0) is 48.0 Å². The smallest absolute Gasteiger partial charge is 0.243 e. The summed E-state index contributed by atoms with van der Waals surface area (Å²) in [7, 11) is -3.62. The van der Waals surface area contributed by atoms with E-state index in [0.717, 1.165) is 11.3 Å². The zero-order valence-corrected chi connectivity index (χ0v) is 17.6. The predicted molar refractivity (Wildman–Crippen MR) is 113 cm³/mol. The number of rotatable bonds is 9. The van der Waals surface area contributed by atoms with E-state index in [1.165, 1.54) is 16.4 Å². The molecular formula is C22H22N4O4S. The van der Waals surface area contributed by atoms with Crippen LogP contribution in [0.25, 0.3) is 0 Å². The van der Waals surface area contributed by atoms with Gasteiger partial charge in [-0.2, -0.15) is 14.8 Å². The summed E-state index contributed by atoms with van der Waals surface area (Å²) in [6.07, 6.45) is 2.55. The minimum Gasteiger partial charge on any atom is -0.493 e. The molecule has 1 aliphatic heterocycles. The lowest BCUT2D eigenvalue weighted by molar-refractivity contribution is 0.0453. The zero-order valence-electron chi connectivity index (χ0n) is 16.8. The molecule has 0 amide bonds. The van der Waals surface area contributed by atoms with Gasteiger partial charge >= 0.3 is 0 Å². The number of ether oxygens (including phenoxy) is 1. The molecule has 0 saturated carbocycles. The Morgan fingerprint density at radius 3 is 2.61 bits per heavy atom. The van der Waals surface area contributed by atoms with E-state index in [2.05, 4.69) is 11.5 Å². The van der Waals surface area contributed by atoms with Gasteiger partial charge in [0.15, 0.2) is 0 Å². The van der Waals surface area contributed by atoms with E-state index >= 15 is 0 Å². The first-order valence-electron chi connectivity index (χ1n) is 9.69. The van der Waals surface area contributed by atoms with Crippen LogP contribution in [0.5, 0.6) is 5.75 Å². The van der Waals surface area contributed by atoms with Crippen LogP contribution < -0.4 is 10.2 Å². The quantitative estimate of drug-likeness (QED) is 0.473. The molecule has 3 rings (SSSR count). The summed E-state index contributed by atoms with van der Waals surface area (Å²) in [4.78, 5) is 5.68. The lowest BCUT2D eigenvalue weighted by Crippen LogP contribution is -2.36. The van der Waals surface area contributed by atoms with Gasteiger partial charge in [-0.15, -0.1) is 0 Å². The number of sulfonamides is 1. The third-order valence-electron chi connectivity index (χ3n) is 4.61. The van der Waals surface area contributed by atoms with Crippen molar-refractivity contribution in [1.29, 1.82) is 10.5 Å². The molecule has 0 spiro atoms. The molecule has 2 aromatic carbocycles. The maximum atomic E-state index is 12.9. The van der Waals surface area contributed by atoms with E-state index in [0.29, 0.717) is 24.3 Å². The van der Waals surface area contributed by atoms with Crippen molar-refractivity contribution in [2.24, 2.45) is 0 Å². The van der Waals surface area contributed by atoms with Crippen LogP contribution in [0.3, 0.4) is 0 Å². The highest BCUT2D eigenvalue weighted by molar-refractivity contribution is 7.89. The van der Waals surface area contributed by atoms with Crippen LogP contribution in [0.4, 0.5) is 0 Å². The minimum absolute atomic E-state index is 0.193. The topological polar surface area (TPSA) is 115 Å². The first kappa shape index (κ1) is 22.3. The number of hydrogen-bond acceptors (Lipinski definition) is 7. The molecule has 160 valence electrons. The van der Waals surface area contributed by atoms with Gasteiger partial charge in [0, 0.05) is 25.2 Å². The third kappa shape index (κ3) is 6.06. The van der Waals surface area contributed by atoms with E-state index < -0.39 is 10.0 Å². The average molecular weight is 439 g/mol. The Bertz CT molecular complexity index is 1120. The van der Waals surface area contributed by atoms with Gasteiger partial charge in [0.2, 0.25) is 10.0 Å². The van der Waals surface area contributed by atoms with Crippen LogP contribution in [-0.2, 0) is 21.5 Å². The fraction of sp³-hybridized carbons (Fsp3) is 0.273. The Labute approximate surface area is 181 Å². The Balaban J connectivity index is 1.52. The molecule has 9 heteroatoms. The SMILES string of the molecule is N#CCCOc1ccc(S(=O)(=O)N2CC=C(NOCc3cccc(C#N)c3)CC2)cc1. The van der Waals surface area contributed by atoms with E-state index in [4.69, 9.17) is 20.1 Å². The molecular weight excluding hydrogens is 416 g/mol. The van der Waals surface area contributed by atoms with Crippen molar-refractivity contribution in [3.8, 4) is 17.9 Å². The molecule has 0 bridgehead atoms. The van der Waals surface area contributed by atoms with Crippen LogP contribution in [0.2, 0.25) is 0 Å². The molecule has 0 unspecified atom stereocenters. The van der Waals surface area contributed by atoms with Gasteiger partial charge in [-0.25, -0.2) is 8.42 Å². The number of nitrogens with zero attached hydrogens (tertiary/aromatic N) is 3. The van der Waals surface area contributed by atoms with Gasteiger partial charge in [0.25, 0.3) is 0 Å². The second-order valence-corrected chi connectivity index (χ2v) is 8.71. The average Bonchev–Trinajstić information content (AvgIpc) is 2.80. The first-order valence-corrected chi connectivity index (χ1v) is 11.1. The van der Waals surface area contributed by atoms with Crippen molar-refractivity contribution in [3.05, 3.63) is 71.4 Å². The summed E-state index contributed by atoms with van der Waals surface area (Å²) in [5.41, 5.74) is 5.12. The lowest BCUT2D eigenvalue weighted by atomic mass is 10.1.